The molecular weight excluding hydrogens is 525 g/mol. The Kier molecular flexibility index (Phi) is 8.91. The molecule has 2 amide bonds. The van der Waals surface area contributed by atoms with E-state index >= 15 is 0 Å². The summed E-state index contributed by atoms with van der Waals surface area (Å²) in [5.74, 6) is 0.492. The van der Waals surface area contributed by atoms with Gasteiger partial charge in [-0.2, -0.15) is 0 Å². The molecule has 0 spiro atoms. The van der Waals surface area contributed by atoms with Crippen LogP contribution in [0.15, 0.2) is 76.5 Å². The third-order valence-corrected chi connectivity index (χ3v) is 7.39. The van der Waals surface area contributed by atoms with Gasteiger partial charge in [-0.3, -0.25) is 14.5 Å². The fourth-order valence-corrected chi connectivity index (χ4v) is 5.32. The lowest BCUT2D eigenvalue weighted by Crippen LogP contribution is -2.27. The van der Waals surface area contributed by atoms with Crippen LogP contribution >= 0.6 is 35.7 Å². The molecule has 0 saturated carbocycles. The standard InChI is InChI=1S/C28H26N2O4S3/c1-4-33-24-14-19(10-13-23(24)34-17-26(31)29-20-11-8-18(2)9-12-20)15-25-27(32)30(28(35)37-25)21-6-5-7-22(16-21)36-3/h5-16H,4,17H2,1-3H3,(H,29,31)/b25-15-. The van der Waals surface area contributed by atoms with Crippen molar-refractivity contribution >= 4 is 69.3 Å². The summed E-state index contributed by atoms with van der Waals surface area (Å²) in [4.78, 5) is 28.7. The fraction of sp³-hybridized carbons (Fsp3) is 0.179. The first-order valence-corrected chi connectivity index (χ1v) is 14.0. The number of carbonyl (C=O) groups excluding carboxylic acids is 2. The highest BCUT2D eigenvalue weighted by molar-refractivity contribution is 8.27. The first-order chi connectivity index (χ1) is 17.9. The number of hydrogen-bond donors (Lipinski definition) is 1. The van der Waals surface area contributed by atoms with Gasteiger partial charge in [-0.1, -0.05) is 53.8 Å². The minimum atomic E-state index is -0.274. The predicted octanol–water partition coefficient (Wildman–Crippen LogP) is 6.54. The van der Waals surface area contributed by atoms with Crippen LogP contribution in [0.25, 0.3) is 6.08 Å². The minimum Gasteiger partial charge on any atom is -0.490 e. The fourth-order valence-electron chi connectivity index (χ4n) is 3.57. The van der Waals surface area contributed by atoms with Crippen molar-refractivity contribution in [3.63, 3.8) is 0 Å². The third-order valence-electron chi connectivity index (χ3n) is 5.36. The molecule has 3 aromatic rings. The van der Waals surface area contributed by atoms with E-state index in [1.807, 2.05) is 74.7 Å². The summed E-state index contributed by atoms with van der Waals surface area (Å²) in [6, 6.07) is 20.6. The number of carbonyl (C=O) groups is 2. The molecule has 1 fully saturated rings. The molecule has 4 rings (SSSR count). The minimum absolute atomic E-state index is 0.166. The number of nitrogens with zero attached hydrogens (tertiary/aromatic N) is 1. The number of anilines is 2. The van der Waals surface area contributed by atoms with Gasteiger partial charge < -0.3 is 14.8 Å². The molecule has 3 aromatic carbocycles. The summed E-state index contributed by atoms with van der Waals surface area (Å²) < 4.78 is 12.0. The van der Waals surface area contributed by atoms with Crippen molar-refractivity contribution < 1.29 is 19.1 Å². The second-order valence-corrected chi connectivity index (χ2v) is 10.6. The van der Waals surface area contributed by atoms with E-state index in [2.05, 4.69) is 5.32 Å². The SMILES string of the molecule is CCOc1cc(/C=C2\SC(=S)N(c3cccc(SC)c3)C2=O)ccc1OCC(=O)Nc1ccc(C)cc1. The Morgan fingerprint density at radius 1 is 1.08 bits per heavy atom. The molecule has 0 atom stereocenters. The lowest BCUT2D eigenvalue weighted by atomic mass is 10.1. The second-order valence-electron chi connectivity index (χ2n) is 8.06. The molecule has 1 N–H and O–H groups in total. The highest BCUT2D eigenvalue weighted by atomic mass is 32.2. The molecule has 0 aliphatic carbocycles. The first kappa shape index (κ1) is 26.8. The molecule has 9 heteroatoms. The maximum Gasteiger partial charge on any atom is 0.270 e. The van der Waals surface area contributed by atoms with Crippen molar-refractivity contribution in [2.24, 2.45) is 0 Å². The van der Waals surface area contributed by atoms with Crippen LogP contribution in [0.5, 0.6) is 11.5 Å². The van der Waals surface area contributed by atoms with Gasteiger partial charge in [0.1, 0.15) is 0 Å². The summed E-state index contributed by atoms with van der Waals surface area (Å²) in [6.07, 6.45) is 3.78. The molecule has 0 radical (unpaired) electrons. The largest absolute Gasteiger partial charge is 0.490 e. The van der Waals surface area contributed by atoms with E-state index in [-0.39, 0.29) is 18.4 Å². The average molecular weight is 551 g/mol. The molecule has 1 saturated heterocycles. The van der Waals surface area contributed by atoms with Crippen LogP contribution in [-0.2, 0) is 9.59 Å². The van der Waals surface area contributed by atoms with Crippen LogP contribution < -0.4 is 19.7 Å². The highest BCUT2D eigenvalue weighted by Gasteiger charge is 2.33. The number of amides is 2. The van der Waals surface area contributed by atoms with Crippen LogP contribution in [0.2, 0.25) is 0 Å². The Hall–Kier alpha value is -3.27. The summed E-state index contributed by atoms with van der Waals surface area (Å²) in [7, 11) is 0. The predicted molar refractivity (Wildman–Crippen MR) is 157 cm³/mol. The number of nitrogens with one attached hydrogen (secondary N) is 1. The van der Waals surface area contributed by atoms with Gasteiger partial charge in [0.2, 0.25) is 0 Å². The van der Waals surface area contributed by atoms with E-state index < -0.39 is 0 Å². The molecule has 1 heterocycles. The zero-order valence-electron chi connectivity index (χ0n) is 20.6. The van der Waals surface area contributed by atoms with E-state index in [1.165, 1.54) is 11.8 Å². The Bertz CT molecular complexity index is 1360. The summed E-state index contributed by atoms with van der Waals surface area (Å²) in [6.45, 7) is 4.11. The van der Waals surface area contributed by atoms with Gasteiger partial charge in [0.15, 0.2) is 22.4 Å². The molecule has 1 aliphatic rings. The molecule has 1 aliphatic heterocycles. The quantitative estimate of drug-likeness (QED) is 0.184. The normalized spacial score (nSPS) is 14.2. The van der Waals surface area contributed by atoms with E-state index in [9.17, 15) is 9.59 Å². The maximum atomic E-state index is 13.2. The zero-order chi connectivity index (χ0) is 26.4. The number of thiocarbonyl (C=S) groups is 1. The van der Waals surface area contributed by atoms with E-state index in [1.54, 1.807) is 34.9 Å². The average Bonchev–Trinajstić information content (AvgIpc) is 3.17. The molecule has 0 unspecified atom stereocenters. The summed E-state index contributed by atoms with van der Waals surface area (Å²) in [5.41, 5.74) is 3.33. The number of ether oxygens (including phenoxy) is 2. The van der Waals surface area contributed by atoms with Gasteiger partial charge in [-0.15, -0.1) is 11.8 Å². The van der Waals surface area contributed by atoms with Crippen molar-refractivity contribution in [2.75, 3.05) is 29.7 Å². The van der Waals surface area contributed by atoms with Crippen molar-refractivity contribution in [1.82, 2.24) is 0 Å². The number of thioether (sulfide) groups is 2. The number of benzene rings is 3. The van der Waals surface area contributed by atoms with Crippen LogP contribution in [-0.4, -0.2) is 35.6 Å². The smallest absolute Gasteiger partial charge is 0.270 e. The molecule has 0 aromatic heterocycles. The Balaban J connectivity index is 1.47. The number of aryl methyl sites for hydroxylation is 1. The van der Waals surface area contributed by atoms with Crippen LogP contribution in [0, 0.1) is 6.92 Å². The van der Waals surface area contributed by atoms with Crippen molar-refractivity contribution in [3.8, 4) is 11.5 Å². The second kappa shape index (κ2) is 12.3. The summed E-state index contributed by atoms with van der Waals surface area (Å²) >= 11 is 8.38. The van der Waals surface area contributed by atoms with Gasteiger partial charge in [0.25, 0.3) is 11.8 Å². The first-order valence-electron chi connectivity index (χ1n) is 11.6. The van der Waals surface area contributed by atoms with E-state index in [4.69, 9.17) is 21.7 Å². The maximum absolute atomic E-state index is 13.2. The number of hydrogen-bond acceptors (Lipinski definition) is 7. The van der Waals surface area contributed by atoms with Crippen LogP contribution in [0.3, 0.4) is 0 Å². The lowest BCUT2D eigenvalue weighted by molar-refractivity contribution is -0.118. The van der Waals surface area contributed by atoms with Crippen molar-refractivity contribution in [2.45, 2.75) is 18.7 Å². The highest BCUT2D eigenvalue weighted by Crippen LogP contribution is 2.38. The van der Waals surface area contributed by atoms with Crippen molar-refractivity contribution in [3.05, 3.63) is 82.8 Å². The van der Waals surface area contributed by atoms with Gasteiger partial charge >= 0.3 is 0 Å². The number of rotatable bonds is 9. The van der Waals surface area contributed by atoms with Crippen LogP contribution in [0.1, 0.15) is 18.1 Å². The molecular formula is C28H26N2O4S3. The molecule has 0 bridgehead atoms. The van der Waals surface area contributed by atoms with E-state index in [0.29, 0.717) is 33.0 Å². The zero-order valence-corrected chi connectivity index (χ0v) is 23.1. The van der Waals surface area contributed by atoms with Crippen LogP contribution in [0.4, 0.5) is 11.4 Å². The lowest BCUT2D eigenvalue weighted by Gasteiger charge is -2.15. The monoisotopic (exact) mass is 550 g/mol. The Morgan fingerprint density at radius 2 is 1.86 bits per heavy atom. The van der Waals surface area contributed by atoms with Crippen molar-refractivity contribution in [1.29, 1.82) is 0 Å². The molecule has 6 nitrogen and oxygen atoms in total. The van der Waals surface area contributed by atoms with Gasteiger partial charge in [-0.05, 0) is 74.2 Å². The third kappa shape index (κ3) is 6.74. The van der Waals surface area contributed by atoms with E-state index in [0.717, 1.165) is 21.7 Å². The molecule has 190 valence electrons. The Morgan fingerprint density at radius 3 is 2.59 bits per heavy atom. The van der Waals surface area contributed by atoms with Gasteiger partial charge in [0.05, 0.1) is 17.2 Å². The van der Waals surface area contributed by atoms with Gasteiger partial charge in [-0.25, -0.2) is 0 Å². The molecule has 37 heavy (non-hydrogen) atoms. The topological polar surface area (TPSA) is 67.9 Å². The van der Waals surface area contributed by atoms with Gasteiger partial charge in [0, 0.05) is 10.6 Å². The Labute approximate surface area is 230 Å². The summed E-state index contributed by atoms with van der Waals surface area (Å²) in [5, 5.41) is 2.81.